The predicted octanol–water partition coefficient (Wildman–Crippen LogP) is 16.3. The Morgan fingerprint density at radius 3 is 0.974 bits per heavy atom. The SMILES string of the molecule is CCCCCCCCCCCCSc1ccc(S(=O)ON)cc1Nc1nc(Nc2cc(S(N)(=O)=O)ccc2SCCCCCCCCCCCC)nc(Nc2cc(S(N)(=O)=O)ccc2SCCCCCCCCCCCC)n1. The molecule has 3 aromatic carbocycles. The van der Waals surface area contributed by atoms with Crippen LogP contribution in [0.15, 0.2) is 84.0 Å². The highest BCUT2D eigenvalue weighted by Gasteiger charge is 2.19. The molecule has 0 radical (unpaired) electrons. The summed E-state index contributed by atoms with van der Waals surface area (Å²) in [6.07, 6.45) is 36.6. The Hall–Kier alpha value is -2.99. The number of hydrogen-bond acceptors (Lipinski definition) is 16. The van der Waals surface area contributed by atoms with Crippen LogP contribution in [-0.2, 0) is 35.4 Å². The molecule has 0 fully saturated rings. The molecule has 1 atom stereocenters. The number of benzene rings is 3. The molecule has 0 aliphatic heterocycles. The van der Waals surface area contributed by atoms with Crippen LogP contribution in [0.4, 0.5) is 34.9 Å². The van der Waals surface area contributed by atoms with Gasteiger partial charge in [-0.2, -0.15) is 25.1 Å². The lowest BCUT2D eigenvalue weighted by Gasteiger charge is -2.17. The monoisotopic (exact) mass is 1190 g/mol. The number of anilines is 6. The molecule has 21 heteroatoms. The van der Waals surface area contributed by atoms with Crippen molar-refractivity contribution in [3.05, 3.63) is 54.6 Å². The zero-order valence-corrected chi connectivity index (χ0v) is 51.9. The van der Waals surface area contributed by atoms with Crippen molar-refractivity contribution >= 4 is 101 Å². The lowest BCUT2D eigenvalue weighted by atomic mass is 10.1. The Balaban J connectivity index is 1.65. The van der Waals surface area contributed by atoms with Crippen LogP contribution >= 0.6 is 35.3 Å². The number of rotatable bonds is 46. The second-order valence-electron chi connectivity index (χ2n) is 20.2. The van der Waals surface area contributed by atoms with Crippen LogP contribution in [0, 0.1) is 0 Å². The summed E-state index contributed by atoms with van der Waals surface area (Å²) in [6.45, 7) is 6.71. The van der Waals surface area contributed by atoms with Crippen LogP contribution in [0.25, 0.3) is 0 Å². The van der Waals surface area contributed by atoms with Gasteiger partial charge in [0.1, 0.15) is 0 Å². The van der Waals surface area contributed by atoms with Crippen LogP contribution in [0.3, 0.4) is 0 Å². The van der Waals surface area contributed by atoms with Crippen LogP contribution in [0.1, 0.15) is 213 Å². The molecule has 0 saturated heterocycles. The maximum absolute atomic E-state index is 12.9. The van der Waals surface area contributed by atoms with E-state index in [1.807, 2.05) is 6.07 Å². The van der Waals surface area contributed by atoms with E-state index in [0.29, 0.717) is 22.0 Å². The molecule has 438 valence electrons. The van der Waals surface area contributed by atoms with E-state index in [9.17, 15) is 21.0 Å². The van der Waals surface area contributed by atoms with Crippen molar-refractivity contribution in [3.63, 3.8) is 0 Å². The molecular formula is C57H93N9O6S6. The van der Waals surface area contributed by atoms with E-state index in [1.54, 1.807) is 59.6 Å². The molecule has 0 spiro atoms. The molecule has 78 heavy (non-hydrogen) atoms. The maximum Gasteiger partial charge on any atom is 0.238 e. The average Bonchev–Trinajstić information content (AvgIpc) is 3.48. The molecule has 0 bridgehead atoms. The summed E-state index contributed by atoms with van der Waals surface area (Å²) in [5.41, 5.74) is 1.40. The smallest absolute Gasteiger partial charge is 0.238 e. The molecule has 0 aliphatic carbocycles. The molecule has 4 rings (SSSR count). The van der Waals surface area contributed by atoms with Crippen LogP contribution in [-0.4, -0.2) is 53.3 Å². The summed E-state index contributed by atoms with van der Waals surface area (Å²) < 4.78 is 68.7. The number of sulfonamides is 2. The lowest BCUT2D eigenvalue weighted by molar-refractivity contribution is 0.367. The molecule has 0 aliphatic rings. The zero-order valence-electron chi connectivity index (χ0n) is 47.0. The Morgan fingerprint density at radius 2 is 0.692 bits per heavy atom. The van der Waals surface area contributed by atoms with Gasteiger partial charge in [0.15, 0.2) is 0 Å². The number of primary sulfonamides is 2. The van der Waals surface area contributed by atoms with Crippen molar-refractivity contribution in [2.24, 2.45) is 16.2 Å². The van der Waals surface area contributed by atoms with Gasteiger partial charge in [-0.15, -0.1) is 35.3 Å². The van der Waals surface area contributed by atoms with E-state index in [-0.39, 0.29) is 27.6 Å². The summed E-state index contributed by atoms with van der Waals surface area (Å²) in [5, 5.41) is 21.3. The van der Waals surface area contributed by atoms with Crippen molar-refractivity contribution in [1.82, 2.24) is 15.0 Å². The summed E-state index contributed by atoms with van der Waals surface area (Å²) in [7, 11) is -8.18. The summed E-state index contributed by atoms with van der Waals surface area (Å²) in [5.74, 6) is 8.04. The molecule has 9 N–H and O–H groups in total. The first-order chi connectivity index (χ1) is 37.7. The number of nitrogens with two attached hydrogens (primary N) is 3. The number of nitrogens with zero attached hydrogens (tertiary/aromatic N) is 3. The average molecular weight is 1190 g/mol. The molecule has 15 nitrogen and oxygen atoms in total. The molecule has 1 unspecified atom stereocenters. The van der Waals surface area contributed by atoms with Gasteiger partial charge in [-0.05, 0) is 91.1 Å². The van der Waals surface area contributed by atoms with E-state index in [4.69, 9.17) is 35.4 Å². The Morgan fingerprint density at radius 1 is 0.423 bits per heavy atom. The first kappa shape index (κ1) is 67.5. The van der Waals surface area contributed by atoms with Crippen LogP contribution < -0.4 is 32.1 Å². The van der Waals surface area contributed by atoms with Gasteiger partial charge in [0.25, 0.3) is 0 Å². The fraction of sp³-hybridized carbons (Fsp3) is 0.632. The molecular weight excluding hydrogens is 1100 g/mol. The van der Waals surface area contributed by atoms with Gasteiger partial charge in [-0.25, -0.2) is 31.3 Å². The van der Waals surface area contributed by atoms with Gasteiger partial charge in [-0.3, -0.25) is 0 Å². The third-order valence-electron chi connectivity index (χ3n) is 13.4. The third-order valence-corrected chi connectivity index (χ3v) is 19.5. The Kier molecular flexibility index (Phi) is 34.1. The van der Waals surface area contributed by atoms with Gasteiger partial charge in [0.2, 0.25) is 49.0 Å². The minimum atomic E-state index is -4.09. The van der Waals surface area contributed by atoms with Gasteiger partial charge in [0, 0.05) is 14.7 Å². The minimum Gasteiger partial charge on any atom is -0.323 e. The number of unbranched alkanes of at least 4 members (excludes halogenated alkanes) is 27. The summed E-state index contributed by atoms with van der Waals surface area (Å²) in [4.78, 5) is 17.0. The molecule has 4 aromatic rings. The standard InChI is InChI=1S/C57H93N9O6S6/c1-4-7-10-13-16-19-22-25-28-31-40-73-52-37-34-46(76(67)72-58)43-49(52)61-55-64-56(62-50-44-47(77(59,68)69)35-38-53(50)74-41-32-29-26-23-20-17-14-11-8-5-2)66-57(65-55)63-51-45-48(78(60,70)71)36-39-54(51)75-42-33-30-27-24-21-18-15-12-9-6-3/h34-39,43-45H,4-33,40-42,58H2,1-3H3,(H2,59,68,69)(H2,60,70,71)(H3,61,62,63,64,65,66). The van der Waals surface area contributed by atoms with Crippen LogP contribution in [0.2, 0.25) is 0 Å². The first-order valence-corrected chi connectivity index (χ1v) is 36.1. The maximum atomic E-state index is 12.9. The highest BCUT2D eigenvalue weighted by atomic mass is 32.2. The number of thioether (sulfide) groups is 3. The largest absolute Gasteiger partial charge is 0.323 e. The molecule has 1 heterocycles. The number of aromatic nitrogens is 3. The van der Waals surface area contributed by atoms with E-state index in [0.717, 1.165) is 83.3 Å². The minimum absolute atomic E-state index is 0.0501. The molecule has 0 amide bonds. The van der Waals surface area contributed by atoms with E-state index >= 15 is 0 Å². The van der Waals surface area contributed by atoms with Crippen molar-refractivity contribution in [2.75, 3.05) is 33.2 Å². The summed E-state index contributed by atoms with van der Waals surface area (Å²) in [6, 6.07) is 14.7. The van der Waals surface area contributed by atoms with E-state index in [2.05, 4.69) is 36.7 Å². The number of nitrogens with one attached hydrogen (secondary N) is 3. The number of hydrogen-bond donors (Lipinski definition) is 6. The second kappa shape index (κ2) is 39.4. The summed E-state index contributed by atoms with van der Waals surface area (Å²) >= 11 is 2.90. The fourth-order valence-electron chi connectivity index (χ4n) is 8.93. The Bertz CT molecular complexity index is 2450. The van der Waals surface area contributed by atoms with Gasteiger partial charge in [-0.1, -0.05) is 194 Å². The van der Waals surface area contributed by atoms with Gasteiger partial charge < -0.3 is 16.0 Å². The zero-order chi connectivity index (χ0) is 56.3. The molecule has 0 saturated carbocycles. The van der Waals surface area contributed by atoms with Gasteiger partial charge >= 0.3 is 0 Å². The normalized spacial score (nSPS) is 12.3. The van der Waals surface area contributed by atoms with Crippen molar-refractivity contribution < 1.29 is 25.3 Å². The highest BCUT2D eigenvalue weighted by molar-refractivity contribution is 8.00. The van der Waals surface area contributed by atoms with E-state index in [1.165, 1.54) is 166 Å². The second-order valence-corrected chi connectivity index (χ2v) is 27.8. The van der Waals surface area contributed by atoms with Gasteiger partial charge in [0.05, 0.1) is 31.7 Å². The quantitative estimate of drug-likeness (QED) is 0.0137. The topological polar surface area (TPSA) is 247 Å². The highest BCUT2D eigenvalue weighted by Crippen LogP contribution is 2.37. The first-order valence-electron chi connectivity index (χ1n) is 29.0. The van der Waals surface area contributed by atoms with Crippen LogP contribution in [0.5, 0.6) is 0 Å². The predicted molar refractivity (Wildman–Crippen MR) is 331 cm³/mol. The van der Waals surface area contributed by atoms with E-state index < -0.39 is 31.1 Å². The fourth-order valence-corrected chi connectivity index (χ4v) is 13.5. The van der Waals surface area contributed by atoms with Crippen molar-refractivity contribution in [2.45, 2.75) is 243 Å². The lowest BCUT2D eigenvalue weighted by Crippen LogP contribution is -2.13. The molecule has 1 aromatic heterocycles. The van der Waals surface area contributed by atoms with Crippen molar-refractivity contribution in [3.8, 4) is 0 Å². The third kappa shape index (κ3) is 27.7. The van der Waals surface area contributed by atoms with Crippen molar-refractivity contribution in [1.29, 1.82) is 0 Å². The Labute approximate surface area is 485 Å².